The average molecular weight is 327 g/mol. The molecule has 23 heavy (non-hydrogen) atoms. The van der Waals surface area contributed by atoms with Crippen molar-refractivity contribution in [1.82, 2.24) is 10.2 Å². The molecule has 3 rings (SSSR count). The molecule has 1 saturated heterocycles. The van der Waals surface area contributed by atoms with E-state index in [4.69, 9.17) is 11.6 Å². The Hall–Kier alpha value is -1.61. The van der Waals surface area contributed by atoms with Gasteiger partial charge in [-0.15, -0.1) is 0 Å². The zero-order valence-electron chi connectivity index (χ0n) is 13.6. The summed E-state index contributed by atoms with van der Waals surface area (Å²) in [4.78, 5) is 2.48. The zero-order valence-corrected chi connectivity index (χ0v) is 14.3. The van der Waals surface area contributed by atoms with E-state index in [-0.39, 0.29) is 0 Å². The van der Waals surface area contributed by atoms with Gasteiger partial charge in [0.2, 0.25) is 0 Å². The van der Waals surface area contributed by atoms with Crippen molar-refractivity contribution < 1.29 is 0 Å². The van der Waals surface area contributed by atoms with Gasteiger partial charge in [-0.1, -0.05) is 60.1 Å². The first kappa shape index (κ1) is 16.3. The van der Waals surface area contributed by atoms with Crippen LogP contribution in [0.2, 0.25) is 5.02 Å². The van der Waals surface area contributed by atoms with Crippen LogP contribution in [0.15, 0.2) is 54.6 Å². The van der Waals surface area contributed by atoms with E-state index in [1.54, 1.807) is 0 Å². The third-order valence-electron chi connectivity index (χ3n) is 4.39. The maximum atomic E-state index is 6.27. The second kappa shape index (κ2) is 7.78. The number of rotatable bonds is 4. The van der Waals surface area contributed by atoms with Gasteiger partial charge in [-0.3, -0.25) is 4.90 Å². The molecule has 0 unspecified atom stereocenters. The Morgan fingerprint density at radius 1 is 1.09 bits per heavy atom. The van der Waals surface area contributed by atoms with E-state index in [1.807, 2.05) is 18.2 Å². The molecular weight excluding hydrogens is 304 g/mol. The fraction of sp³-hybridized carbons (Fsp3) is 0.300. The number of halogens is 1. The van der Waals surface area contributed by atoms with Gasteiger partial charge in [0.05, 0.1) is 0 Å². The highest BCUT2D eigenvalue weighted by Crippen LogP contribution is 2.28. The SMILES string of the molecule is CC(=CCN1CCNCC1)c1ccc(-c2ccccc2Cl)cc1. The summed E-state index contributed by atoms with van der Waals surface area (Å²) >= 11 is 6.27. The van der Waals surface area contributed by atoms with Gasteiger partial charge in [0.25, 0.3) is 0 Å². The van der Waals surface area contributed by atoms with Crippen molar-refractivity contribution in [1.29, 1.82) is 0 Å². The molecular formula is C20H23ClN2. The molecule has 2 nitrogen and oxygen atoms in total. The molecule has 0 spiro atoms. The number of hydrogen-bond acceptors (Lipinski definition) is 2. The normalized spacial score (nSPS) is 16.5. The molecule has 0 radical (unpaired) electrons. The van der Waals surface area contributed by atoms with Crippen LogP contribution in [0.3, 0.4) is 0 Å². The van der Waals surface area contributed by atoms with Gasteiger partial charge in [0.1, 0.15) is 0 Å². The van der Waals surface area contributed by atoms with Crippen molar-refractivity contribution in [3.8, 4) is 11.1 Å². The van der Waals surface area contributed by atoms with Crippen LogP contribution < -0.4 is 5.32 Å². The quantitative estimate of drug-likeness (QED) is 0.900. The van der Waals surface area contributed by atoms with Gasteiger partial charge in [-0.05, 0) is 29.7 Å². The molecule has 2 aromatic carbocycles. The molecule has 0 amide bonds. The summed E-state index contributed by atoms with van der Waals surface area (Å²) in [5.41, 5.74) is 4.85. The predicted octanol–water partition coefficient (Wildman–Crippen LogP) is 4.32. The molecule has 0 aromatic heterocycles. The minimum atomic E-state index is 0.797. The maximum absolute atomic E-state index is 6.27. The smallest absolute Gasteiger partial charge is 0.0484 e. The van der Waals surface area contributed by atoms with Crippen LogP contribution in [0, 0.1) is 0 Å². The van der Waals surface area contributed by atoms with Gasteiger partial charge < -0.3 is 5.32 Å². The number of hydrogen-bond donors (Lipinski definition) is 1. The topological polar surface area (TPSA) is 15.3 Å². The van der Waals surface area contributed by atoms with Crippen molar-refractivity contribution in [2.24, 2.45) is 0 Å². The monoisotopic (exact) mass is 326 g/mol. The van der Waals surface area contributed by atoms with Crippen LogP contribution in [-0.4, -0.2) is 37.6 Å². The van der Waals surface area contributed by atoms with Crippen LogP contribution in [0.4, 0.5) is 0 Å². The molecule has 0 saturated carbocycles. The lowest BCUT2D eigenvalue weighted by Gasteiger charge is -2.26. The fourth-order valence-electron chi connectivity index (χ4n) is 2.89. The van der Waals surface area contributed by atoms with E-state index >= 15 is 0 Å². The Morgan fingerprint density at radius 3 is 2.48 bits per heavy atom. The number of nitrogens with zero attached hydrogens (tertiary/aromatic N) is 1. The molecule has 1 heterocycles. The molecule has 1 N–H and O–H groups in total. The lowest BCUT2D eigenvalue weighted by Crippen LogP contribution is -2.43. The molecule has 0 aliphatic carbocycles. The molecule has 0 atom stereocenters. The minimum absolute atomic E-state index is 0.797. The summed E-state index contributed by atoms with van der Waals surface area (Å²) in [5, 5.41) is 4.18. The van der Waals surface area contributed by atoms with E-state index in [0.29, 0.717) is 0 Å². The van der Waals surface area contributed by atoms with Crippen molar-refractivity contribution in [2.45, 2.75) is 6.92 Å². The summed E-state index contributed by atoms with van der Waals surface area (Å²) in [5.74, 6) is 0. The summed E-state index contributed by atoms with van der Waals surface area (Å²) in [6, 6.07) is 16.6. The van der Waals surface area contributed by atoms with Crippen molar-refractivity contribution >= 4 is 17.2 Å². The molecule has 1 fully saturated rings. The second-order valence-electron chi connectivity index (χ2n) is 5.99. The first-order valence-electron chi connectivity index (χ1n) is 8.19. The number of nitrogens with one attached hydrogen (secondary N) is 1. The van der Waals surface area contributed by atoms with Gasteiger partial charge in [0, 0.05) is 43.3 Å². The van der Waals surface area contributed by atoms with Crippen LogP contribution in [0.25, 0.3) is 16.7 Å². The van der Waals surface area contributed by atoms with E-state index in [1.165, 1.54) is 11.1 Å². The van der Waals surface area contributed by atoms with Crippen LogP contribution in [0.5, 0.6) is 0 Å². The van der Waals surface area contributed by atoms with Gasteiger partial charge in [-0.25, -0.2) is 0 Å². The van der Waals surface area contributed by atoms with Crippen molar-refractivity contribution in [3.05, 3.63) is 65.2 Å². The van der Waals surface area contributed by atoms with E-state index in [2.05, 4.69) is 53.5 Å². The fourth-order valence-corrected chi connectivity index (χ4v) is 3.13. The highest BCUT2D eigenvalue weighted by Gasteiger charge is 2.08. The Kier molecular flexibility index (Phi) is 5.50. The number of piperazine rings is 1. The summed E-state index contributed by atoms with van der Waals surface area (Å²) in [6.07, 6.45) is 2.33. The zero-order chi connectivity index (χ0) is 16.1. The standard InChI is InChI=1S/C20H23ClN2/c1-16(10-13-23-14-11-22-12-15-23)17-6-8-18(9-7-17)19-4-2-3-5-20(19)21/h2-10,22H,11-15H2,1H3. The lowest BCUT2D eigenvalue weighted by molar-refractivity contribution is 0.265. The highest BCUT2D eigenvalue weighted by atomic mass is 35.5. The third kappa shape index (κ3) is 4.23. The minimum Gasteiger partial charge on any atom is -0.314 e. The Balaban J connectivity index is 1.70. The molecule has 2 aromatic rings. The highest BCUT2D eigenvalue weighted by molar-refractivity contribution is 6.33. The van der Waals surface area contributed by atoms with E-state index in [9.17, 15) is 0 Å². The van der Waals surface area contributed by atoms with Crippen LogP contribution >= 0.6 is 11.6 Å². The van der Waals surface area contributed by atoms with Crippen LogP contribution in [-0.2, 0) is 0 Å². The van der Waals surface area contributed by atoms with Gasteiger partial charge in [0.15, 0.2) is 0 Å². The Bertz CT molecular complexity index is 670. The molecule has 0 bridgehead atoms. The predicted molar refractivity (Wildman–Crippen MR) is 99.8 cm³/mol. The van der Waals surface area contributed by atoms with Crippen molar-refractivity contribution in [2.75, 3.05) is 32.7 Å². The average Bonchev–Trinajstić information content (AvgIpc) is 2.61. The molecule has 3 heteroatoms. The largest absolute Gasteiger partial charge is 0.314 e. The van der Waals surface area contributed by atoms with Gasteiger partial charge in [-0.2, -0.15) is 0 Å². The summed E-state index contributed by atoms with van der Waals surface area (Å²) in [6.45, 7) is 7.68. The number of allylic oxidation sites excluding steroid dienone is 1. The van der Waals surface area contributed by atoms with E-state index in [0.717, 1.165) is 48.9 Å². The molecule has 1 aliphatic rings. The van der Waals surface area contributed by atoms with Crippen LogP contribution in [0.1, 0.15) is 12.5 Å². The summed E-state index contributed by atoms with van der Waals surface area (Å²) < 4.78 is 0. The second-order valence-corrected chi connectivity index (χ2v) is 6.40. The first-order valence-corrected chi connectivity index (χ1v) is 8.57. The number of benzene rings is 2. The van der Waals surface area contributed by atoms with E-state index < -0.39 is 0 Å². The Morgan fingerprint density at radius 2 is 1.78 bits per heavy atom. The maximum Gasteiger partial charge on any atom is 0.0484 e. The molecule has 120 valence electrons. The first-order chi connectivity index (χ1) is 11.2. The van der Waals surface area contributed by atoms with Gasteiger partial charge >= 0.3 is 0 Å². The third-order valence-corrected chi connectivity index (χ3v) is 4.72. The Labute approximate surface area is 143 Å². The lowest BCUT2D eigenvalue weighted by atomic mass is 10.0. The van der Waals surface area contributed by atoms with Crippen molar-refractivity contribution in [3.63, 3.8) is 0 Å². The summed E-state index contributed by atoms with van der Waals surface area (Å²) in [7, 11) is 0. The molecule has 1 aliphatic heterocycles.